The summed E-state index contributed by atoms with van der Waals surface area (Å²) >= 11 is 3.37. The lowest BCUT2D eigenvalue weighted by Crippen LogP contribution is -1.96. The molecule has 16 heavy (non-hydrogen) atoms. The Morgan fingerprint density at radius 3 is 2.62 bits per heavy atom. The molecule has 0 spiro atoms. The van der Waals surface area contributed by atoms with Gasteiger partial charge in [0, 0.05) is 21.9 Å². The number of carbonyl (C=O) groups is 1. The number of hydrogen-bond donors (Lipinski definition) is 0. The van der Waals surface area contributed by atoms with Crippen molar-refractivity contribution in [2.45, 2.75) is 13.8 Å². The summed E-state index contributed by atoms with van der Waals surface area (Å²) in [4.78, 5) is 15.0. The van der Waals surface area contributed by atoms with Gasteiger partial charge < -0.3 is 4.57 Å². The molecule has 0 unspecified atom stereocenters. The Kier molecular flexibility index (Phi) is 2.92. The minimum atomic E-state index is 0.651. The van der Waals surface area contributed by atoms with Crippen LogP contribution in [0.25, 0.3) is 5.69 Å². The highest BCUT2D eigenvalue weighted by molar-refractivity contribution is 9.10. The van der Waals surface area contributed by atoms with Crippen molar-refractivity contribution in [1.29, 1.82) is 0 Å². The summed E-state index contributed by atoms with van der Waals surface area (Å²) in [5, 5.41) is 0. The second-order valence-electron chi connectivity index (χ2n) is 3.62. The fourth-order valence-corrected chi connectivity index (χ4v) is 2.10. The summed E-state index contributed by atoms with van der Waals surface area (Å²) in [7, 11) is 0. The second-order valence-corrected chi connectivity index (χ2v) is 4.48. The average Bonchev–Trinajstić information content (AvgIpc) is 2.58. The third kappa shape index (κ3) is 1.93. The zero-order valence-corrected chi connectivity index (χ0v) is 10.7. The van der Waals surface area contributed by atoms with Gasteiger partial charge in [-0.3, -0.25) is 4.79 Å². The first-order chi connectivity index (χ1) is 7.61. The van der Waals surface area contributed by atoms with Gasteiger partial charge in [0.05, 0.1) is 5.69 Å². The summed E-state index contributed by atoms with van der Waals surface area (Å²) < 4.78 is 2.79. The Morgan fingerprint density at radius 2 is 2.12 bits per heavy atom. The maximum Gasteiger partial charge on any atom is 0.151 e. The highest BCUT2D eigenvalue weighted by Gasteiger charge is 2.05. The predicted octanol–water partition coefficient (Wildman–Crippen LogP) is 3.06. The number of carbonyl (C=O) groups excluding carboxylic acids is 1. The molecule has 0 aliphatic rings. The van der Waals surface area contributed by atoms with E-state index in [0.717, 1.165) is 28.0 Å². The van der Waals surface area contributed by atoms with Crippen LogP contribution in [0.3, 0.4) is 0 Å². The van der Waals surface area contributed by atoms with Crippen LogP contribution in [0.2, 0.25) is 0 Å². The van der Waals surface area contributed by atoms with Gasteiger partial charge in [-0.15, -0.1) is 0 Å². The molecule has 0 aliphatic carbocycles. The molecule has 82 valence electrons. The van der Waals surface area contributed by atoms with Gasteiger partial charge in [-0.2, -0.15) is 0 Å². The summed E-state index contributed by atoms with van der Waals surface area (Å²) in [5.74, 6) is 0.934. The van der Waals surface area contributed by atoms with Crippen LogP contribution in [0, 0.1) is 13.8 Å². The minimum absolute atomic E-state index is 0.651. The number of hydrogen-bond acceptors (Lipinski definition) is 2. The van der Waals surface area contributed by atoms with Crippen LogP contribution in [0.4, 0.5) is 0 Å². The van der Waals surface area contributed by atoms with Gasteiger partial charge >= 0.3 is 0 Å². The summed E-state index contributed by atoms with van der Waals surface area (Å²) in [6.07, 6.45) is 2.80. The van der Waals surface area contributed by atoms with Crippen LogP contribution >= 0.6 is 15.9 Å². The monoisotopic (exact) mass is 278 g/mol. The maximum atomic E-state index is 10.7. The van der Waals surface area contributed by atoms with E-state index in [4.69, 9.17) is 0 Å². The highest BCUT2D eigenvalue weighted by Crippen LogP contribution is 2.20. The molecule has 0 aliphatic heterocycles. The minimum Gasteiger partial charge on any atom is -0.304 e. The number of imidazole rings is 1. The van der Waals surface area contributed by atoms with Crippen LogP contribution < -0.4 is 0 Å². The molecule has 0 radical (unpaired) electrons. The molecule has 0 fully saturated rings. The van der Waals surface area contributed by atoms with Gasteiger partial charge in [-0.1, -0.05) is 0 Å². The van der Waals surface area contributed by atoms with E-state index in [9.17, 15) is 4.79 Å². The molecule has 0 atom stereocenters. The number of aryl methyl sites for hydroxylation is 2. The zero-order chi connectivity index (χ0) is 11.7. The van der Waals surface area contributed by atoms with Crippen molar-refractivity contribution in [3.63, 3.8) is 0 Å². The number of nitrogens with zero attached hydrogens (tertiary/aromatic N) is 2. The van der Waals surface area contributed by atoms with E-state index in [-0.39, 0.29) is 0 Å². The van der Waals surface area contributed by atoms with Crippen LogP contribution in [0.15, 0.2) is 28.9 Å². The van der Waals surface area contributed by atoms with E-state index in [1.165, 1.54) is 0 Å². The third-order valence-corrected chi connectivity index (χ3v) is 3.08. The fraction of sp³-hybridized carbons (Fsp3) is 0.167. The Labute approximate surface area is 102 Å². The molecule has 0 amide bonds. The molecule has 4 heteroatoms. The lowest BCUT2D eigenvalue weighted by atomic mass is 10.2. The van der Waals surface area contributed by atoms with E-state index in [1.54, 1.807) is 6.07 Å². The molecule has 1 heterocycles. The van der Waals surface area contributed by atoms with Gasteiger partial charge in [-0.25, -0.2) is 4.98 Å². The Hall–Kier alpha value is -1.42. The van der Waals surface area contributed by atoms with Crippen molar-refractivity contribution < 1.29 is 4.79 Å². The highest BCUT2D eigenvalue weighted by atomic mass is 79.9. The summed E-state index contributed by atoms with van der Waals surface area (Å²) in [6, 6.07) is 5.61. The third-order valence-electron chi connectivity index (χ3n) is 2.39. The van der Waals surface area contributed by atoms with Crippen molar-refractivity contribution in [3.05, 3.63) is 46.0 Å². The molecule has 0 N–H and O–H groups in total. The zero-order valence-electron chi connectivity index (χ0n) is 9.07. The first-order valence-corrected chi connectivity index (χ1v) is 5.69. The van der Waals surface area contributed by atoms with E-state index in [0.29, 0.717) is 5.56 Å². The SMILES string of the molecule is Cc1cn(-c2ccc(C=O)c(Br)c2)c(C)n1. The summed E-state index contributed by atoms with van der Waals surface area (Å²) in [5.41, 5.74) is 2.63. The van der Waals surface area contributed by atoms with Gasteiger partial charge in [0.1, 0.15) is 5.82 Å². The van der Waals surface area contributed by atoms with E-state index < -0.39 is 0 Å². The standard InChI is InChI=1S/C12H11BrN2O/c1-8-6-15(9(2)14-8)11-4-3-10(7-16)12(13)5-11/h3-7H,1-2H3. The van der Waals surface area contributed by atoms with Crippen molar-refractivity contribution in [2.75, 3.05) is 0 Å². The predicted molar refractivity (Wildman–Crippen MR) is 66.1 cm³/mol. The van der Waals surface area contributed by atoms with Gasteiger partial charge in [0.2, 0.25) is 0 Å². The van der Waals surface area contributed by atoms with Crippen LogP contribution in [0.1, 0.15) is 21.9 Å². The quantitative estimate of drug-likeness (QED) is 0.792. The van der Waals surface area contributed by atoms with Crippen LogP contribution in [0.5, 0.6) is 0 Å². The molecule has 0 saturated heterocycles. The van der Waals surface area contributed by atoms with Crippen LogP contribution in [-0.4, -0.2) is 15.8 Å². The molecule has 0 bridgehead atoms. The maximum absolute atomic E-state index is 10.7. The van der Waals surface area contributed by atoms with Crippen LogP contribution in [-0.2, 0) is 0 Å². The molecular formula is C12H11BrN2O. The molecule has 2 rings (SSSR count). The number of halogens is 1. The second kappa shape index (κ2) is 4.22. The number of aromatic nitrogens is 2. The average molecular weight is 279 g/mol. The van der Waals surface area contributed by atoms with Crippen molar-refractivity contribution in [2.24, 2.45) is 0 Å². The summed E-state index contributed by atoms with van der Waals surface area (Å²) in [6.45, 7) is 3.91. The van der Waals surface area contributed by atoms with Crippen molar-refractivity contribution in [3.8, 4) is 5.69 Å². The number of aldehydes is 1. The van der Waals surface area contributed by atoms with E-state index in [2.05, 4.69) is 20.9 Å². The molecule has 1 aromatic heterocycles. The van der Waals surface area contributed by atoms with Gasteiger partial charge in [0.25, 0.3) is 0 Å². The Bertz CT molecular complexity index is 546. The first kappa shape index (κ1) is 11.1. The van der Waals surface area contributed by atoms with E-state index in [1.807, 2.05) is 36.7 Å². The largest absolute Gasteiger partial charge is 0.304 e. The Balaban J connectivity index is 2.53. The van der Waals surface area contributed by atoms with E-state index >= 15 is 0 Å². The fourth-order valence-electron chi connectivity index (χ4n) is 1.64. The molecule has 3 nitrogen and oxygen atoms in total. The smallest absolute Gasteiger partial charge is 0.151 e. The van der Waals surface area contributed by atoms with Gasteiger partial charge in [0.15, 0.2) is 6.29 Å². The number of benzene rings is 1. The lowest BCUT2D eigenvalue weighted by Gasteiger charge is -2.06. The topological polar surface area (TPSA) is 34.9 Å². The molecule has 1 aromatic carbocycles. The lowest BCUT2D eigenvalue weighted by molar-refractivity contribution is 0.112. The van der Waals surface area contributed by atoms with Crippen molar-refractivity contribution >= 4 is 22.2 Å². The first-order valence-electron chi connectivity index (χ1n) is 4.89. The molecular weight excluding hydrogens is 268 g/mol. The molecule has 2 aromatic rings. The van der Waals surface area contributed by atoms with Crippen molar-refractivity contribution in [1.82, 2.24) is 9.55 Å². The molecule has 0 saturated carbocycles. The number of rotatable bonds is 2. The normalized spacial score (nSPS) is 10.4. The Morgan fingerprint density at radius 1 is 1.38 bits per heavy atom. The van der Waals surface area contributed by atoms with Gasteiger partial charge in [-0.05, 0) is 48.0 Å².